The van der Waals surface area contributed by atoms with Crippen molar-refractivity contribution in [3.8, 4) is 0 Å². The van der Waals surface area contributed by atoms with E-state index >= 15 is 0 Å². The van der Waals surface area contributed by atoms with Gasteiger partial charge < -0.3 is 0 Å². The van der Waals surface area contributed by atoms with Crippen LogP contribution in [0.25, 0.3) is 0 Å². The maximum atomic E-state index is 4.99. The van der Waals surface area contributed by atoms with Gasteiger partial charge in [0, 0.05) is 5.92 Å². The van der Waals surface area contributed by atoms with Crippen LogP contribution in [0.2, 0.25) is 0 Å². The van der Waals surface area contributed by atoms with E-state index in [4.69, 9.17) is 12.6 Å². The molecule has 4 atom stereocenters. The second kappa shape index (κ2) is 6.47. The van der Waals surface area contributed by atoms with Crippen LogP contribution in [0, 0.1) is 23.7 Å². The van der Waals surface area contributed by atoms with Crippen molar-refractivity contribution in [2.24, 2.45) is 23.7 Å². The Morgan fingerprint density at radius 1 is 0.842 bits per heavy atom. The van der Waals surface area contributed by atoms with Gasteiger partial charge in [0.15, 0.2) is 0 Å². The van der Waals surface area contributed by atoms with E-state index in [-0.39, 0.29) is 0 Å². The molecule has 108 valence electrons. The SMILES string of the molecule is SCC1C(S)=C2CCCCCCCC1C1CCCC21. The lowest BCUT2D eigenvalue weighted by Gasteiger charge is -2.42. The summed E-state index contributed by atoms with van der Waals surface area (Å²) in [5, 5.41) is 0. The molecule has 0 aromatic carbocycles. The topological polar surface area (TPSA) is 0 Å². The van der Waals surface area contributed by atoms with Crippen LogP contribution in [0.3, 0.4) is 0 Å². The number of thiol groups is 2. The minimum absolute atomic E-state index is 0.666. The first-order valence-corrected chi connectivity index (χ1v) is 9.43. The van der Waals surface area contributed by atoms with Crippen molar-refractivity contribution in [3.63, 3.8) is 0 Å². The van der Waals surface area contributed by atoms with E-state index < -0.39 is 0 Å². The van der Waals surface area contributed by atoms with E-state index in [0.29, 0.717) is 5.92 Å². The van der Waals surface area contributed by atoms with Crippen molar-refractivity contribution in [1.29, 1.82) is 0 Å². The summed E-state index contributed by atoms with van der Waals surface area (Å²) in [5.74, 6) is 4.43. The zero-order chi connectivity index (χ0) is 13.2. The maximum absolute atomic E-state index is 4.99. The summed E-state index contributed by atoms with van der Waals surface area (Å²) in [4.78, 5) is 1.46. The molecule has 4 unspecified atom stereocenters. The third-order valence-electron chi connectivity index (χ3n) is 5.94. The van der Waals surface area contributed by atoms with E-state index in [1.807, 2.05) is 0 Å². The molecule has 0 saturated heterocycles. The highest BCUT2D eigenvalue weighted by atomic mass is 32.1. The molecule has 2 heteroatoms. The smallest absolute Gasteiger partial charge is 0.00147 e. The predicted molar refractivity (Wildman–Crippen MR) is 90.0 cm³/mol. The van der Waals surface area contributed by atoms with Crippen molar-refractivity contribution in [2.75, 3.05) is 5.75 Å². The van der Waals surface area contributed by atoms with E-state index in [0.717, 1.165) is 23.5 Å². The molecule has 3 aliphatic carbocycles. The highest BCUT2D eigenvalue weighted by Crippen LogP contribution is 2.54. The monoisotopic (exact) mass is 296 g/mol. The fourth-order valence-corrected chi connectivity index (χ4v) is 6.20. The van der Waals surface area contributed by atoms with Gasteiger partial charge in [0.05, 0.1) is 0 Å². The van der Waals surface area contributed by atoms with Crippen LogP contribution in [-0.4, -0.2) is 5.75 Å². The molecule has 0 aliphatic heterocycles. The summed E-state index contributed by atoms with van der Waals surface area (Å²) >= 11 is 9.66. The van der Waals surface area contributed by atoms with E-state index in [1.54, 1.807) is 5.57 Å². The lowest BCUT2D eigenvalue weighted by molar-refractivity contribution is 0.197. The number of hydrogen-bond acceptors (Lipinski definition) is 2. The summed E-state index contributed by atoms with van der Waals surface area (Å²) in [5.41, 5.74) is 1.75. The highest BCUT2D eigenvalue weighted by Gasteiger charge is 2.44. The lowest BCUT2D eigenvalue weighted by atomic mass is 9.66. The van der Waals surface area contributed by atoms with E-state index in [1.165, 1.54) is 69.1 Å². The average Bonchev–Trinajstić information content (AvgIpc) is 2.86. The minimum Gasteiger partial charge on any atom is -0.179 e. The molecule has 3 rings (SSSR count). The summed E-state index contributed by atoms with van der Waals surface area (Å²) in [6.07, 6.45) is 14.3. The molecule has 0 spiro atoms. The number of fused-ring (bicyclic) bond motifs is 5. The summed E-state index contributed by atoms with van der Waals surface area (Å²) < 4.78 is 0. The van der Waals surface area contributed by atoms with E-state index in [9.17, 15) is 0 Å². The van der Waals surface area contributed by atoms with Gasteiger partial charge in [0.2, 0.25) is 0 Å². The molecule has 0 amide bonds. The van der Waals surface area contributed by atoms with Gasteiger partial charge in [-0.15, -0.1) is 12.6 Å². The lowest BCUT2D eigenvalue weighted by Crippen LogP contribution is -2.34. The molecule has 1 saturated carbocycles. The molecule has 2 bridgehead atoms. The van der Waals surface area contributed by atoms with Gasteiger partial charge in [-0.2, -0.15) is 12.6 Å². The summed E-state index contributed by atoms with van der Waals surface area (Å²) in [7, 11) is 0. The van der Waals surface area contributed by atoms with Crippen LogP contribution in [0.5, 0.6) is 0 Å². The highest BCUT2D eigenvalue weighted by molar-refractivity contribution is 7.84. The van der Waals surface area contributed by atoms with Crippen molar-refractivity contribution in [2.45, 2.75) is 64.2 Å². The van der Waals surface area contributed by atoms with Gasteiger partial charge in [-0.1, -0.05) is 37.7 Å². The fraction of sp³-hybridized carbons (Fsp3) is 0.882. The van der Waals surface area contributed by atoms with Gasteiger partial charge in [0.25, 0.3) is 0 Å². The molecule has 3 aliphatic rings. The second-order valence-corrected chi connectivity index (χ2v) is 7.72. The molecule has 0 aromatic heterocycles. The van der Waals surface area contributed by atoms with Crippen LogP contribution < -0.4 is 0 Å². The third kappa shape index (κ3) is 2.77. The Hall–Kier alpha value is 0.440. The molecule has 0 nitrogen and oxygen atoms in total. The molecular formula is C17H28S2. The molecular weight excluding hydrogens is 268 g/mol. The molecule has 19 heavy (non-hydrogen) atoms. The number of rotatable bonds is 1. The Morgan fingerprint density at radius 2 is 1.58 bits per heavy atom. The quantitative estimate of drug-likeness (QED) is 0.586. The van der Waals surface area contributed by atoms with Gasteiger partial charge in [-0.05, 0) is 60.5 Å². The summed E-state index contributed by atoms with van der Waals surface area (Å²) in [6, 6.07) is 0. The van der Waals surface area contributed by atoms with Gasteiger partial charge in [0.1, 0.15) is 0 Å². The minimum atomic E-state index is 0.666. The first-order chi connectivity index (χ1) is 9.33. The van der Waals surface area contributed by atoms with Crippen LogP contribution in [0.4, 0.5) is 0 Å². The van der Waals surface area contributed by atoms with Gasteiger partial charge >= 0.3 is 0 Å². The molecule has 0 N–H and O–H groups in total. The Balaban J connectivity index is 1.94. The standard InChI is InChI=1S/C17H28S2/c18-11-16-14-7-4-2-1-3-5-8-15(17(16)19)13-10-6-9-12(13)14/h12-14,16,18-19H,1-11H2. The molecule has 0 aromatic rings. The first kappa shape index (κ1) is 14.4. The van der Waals surface area contributed by atoms with Crippen LogP contribution in [0.15, 0.2) is 10.5 Å². The van der Waals surface area contributed by atoms with Crippen molar-refractivity contribution >= 4 is 25.3 Å². The Labute approximate surface area is 129 Å². The Bertz CT molecular complexity index is 347. The molecule has 0 heterocycles. The summed E-state index contributed by atoms with van der Waals surface area (Å²) in [6.45, 7) is 0. The van der Waals surface area contributed by atoms with Crippen molar-refractivity contribution in [3.05, 3.63) is 10.5 Å². The predicted octanol–water partition coefficient (Wildman–Crippen LogP) is 5.51. The second-order valence-electron chi connectivity index (χ2n) is 6.87. The number of allylic oxidation sites excluding steroid dienone is 2. The first-order valence-electron chi connectivity index (χ1n) is 8.35. The Kier molecular flexibility index (Phi) is 4.90. The van der Waals surface area contributed by atoms with Crippen molar-refractivity contribution in [1.82, 2.24) is 0 Å². The number of hydrogen-bond donors (Lipinski definition) is 2. The zero-order valence-corrected chi connectivity index (χ0v) is 13.8. The van der Waals surface area contributed by atoms with Crippen LogP contribution in [0.1, 0.15) is 64.2 Å². The fourth-order valence-electron chi connectivity index (χ4n) is 5.04. The average molecular weight is 297 g/mol. The largest absolute Gasteiger partial charge is 0.179 e. The molecule has 1 fully saturated rings. The molecule has 0 radical (unpaired) electrons. The Morgan fingerprint density at radius 3 is 2.42 bits per heavy atom. The van der Waals surface area contributed by atoms with Gasteiger partial charge in [-0.3, -0.25) is 0 Å². The van der Waals surface area contributed by atoms with Gasteiger partial charge in [-0.25, -0.2) is 0 Å². The van der Waals surface area contributed by atoms with E-state index in [2.05, 4.69) is 12.6 Å². The third-order valence-corrected chi connectivity index (χ3v) is 6.96. The van der Waals surface area contributed by atoms with Crippen molar-refractivity contribution < 1.29 is 0 Å². The van der Waals surface area contributed by atoms with Crippen LogP contribution in [-0.2, 0) is 0 Å². The maximum Gasteiger partial charge on any atom is 0.00147 e. The van der Waals surface area contributed by atoms with Crippen LogP contribution >= 0.6 is 25.3 Å². The zero-order valence-electron chi connectivity index (χ0n) is 12.0. The normalized spacial score (nSPS) is 40.1.